The molecule has 3 N–H and O–H groups in total. The minimum absolute atomic E-state index is 0.322. The summed E-state index contributed by atoms with van der Waals surface area (Å²) < 4.78 is 6.77. The van der Waals surface area contributed by atoms with Crippen molar-refractivity contribution in [1.82, 2.24) is 0 Å². The number of aliphatic hydroxyl groups excluding tert-OH is 3. The van der Waals surface area contributed by atoms with Crippen LogP contribution in [0.15, 0.2) is 30.3 Å². The predicted octanol–water partition coefficient (Wildman–Crippen LogP) is 6.22. The van der Waals surface area contributed by atoms with Gasteiger partial charge in [0.05, 0.1) is 31.8 Å². The van der Waals surface area contributed by atoms with Crippen LogP contribution in [0, 0.1) is 11.3 Å². The van der Waals surface area contributed by atoms with Gasteiger partial charge in [0.2, 0.25) is 0 Å². The lowest BCUT2D eigenvalue weighted by Gasteiger charge is -2.49. The Balaban J connectivity index is 3.17. The van der Waals surface area contributed by atoms with Crippen LogP contribution in [-0.4, -0.2) is 41.7 Å². The van der Waals surface area contributed by atoms with Crippen molar-refractivity contribution < 1.29 is 20.1 Å². The van der Waals surface area contributed by atoms with Gasteiger partial charge in [-0.05, 0) is 24.3 Å². The molecule has 2 atom stereocenters. The Kier molecular flexibility index (Phi) is 15.1. The summed E-state index contributed by atoms with van der Waals surface area (Å²) in [5.74, 6) is 0.431. The maximum atomic E-state index is 10.4. The number of benzene rings is 1. The molecule has 0 aliphatic carbocycles. The molecule has 4 heteroatoms. The zero-order valence-electron chi connectivity index (χ0n) is 21.0. The molecule has 0 saturated carbocycles. The summed E-state index contributed by atoms with van der Waals surface area (Å²) in [6, 6.07) is 9.96. The summed E-state index contributed by atoms with van der Waals surface area (Å²) >= 11 is 0. The molecule has 0 saturated heterocycles. The van der Waals surface area contributed by atoms with Gasteiger partial charge < -0.3 is 20.1 Å². The van der Waals surface area contributed by atoms with Crippen LogP contribution in [0.25, 0.3) is 0 Å². The van der Waals surface area contributed by atoms with E-state index in [9.17, 15) is 15.3 Å². The molecule has 2 unspecified atom stereocenters. The standard InChI is InChI=1S/C28H50O4/c1-4-7-9-10-11-12-16-20-28(26-18-14-13-15-19-26,27(22-29,23-30)24-31)32-21-25(6-3)17-8-5-2/h13-15,18-19,25,29-31H,4-12,16-17,20-24H2,1-3H3. The van der Waals surface area contributed by atoms with Gasteiger partial charge in [-0.15, -0.1) is 0 Å². The van der Waals surface area contributed by atoms with E-state index in [0.717, 1.165) is 37.7 Å². The molecule has 0 aromatic heterocycles. The first kappa shape index (κ1) is 29.1. The van der Waals surface area contributed by atoms with Crippen LogP contribution < -0.4 is 0 Å². The van der Waals surface area contributed by atoms with Crippen LogP contribution in [-0.2, 0) is 10.3 Å². The first-order valence-corrected chi connectivity index (χ1v) is 13.1. The van der Waals surface area contributed by atoms with Gasteiger partial charge in [-0.1, -0.05) is 115 Å². The summed E-state index contributed by atoms with van der Waals surface area (Å²) in [5.41, 5.74) is -1.12. The second-order valence-corrected chi connectivity index (χ2v) is 9.55. The topological polar surface area (TPSA) is 69.9 Å². The highest BCUT2D eigenvalue weighted by molar-refractivity contribution is 5.27. The van der Waals surface area contributed by atoms with Crippen molar-refractivity contribution in [2.24, 2.45) is 11.3 Å². The van der Waals surface area contributed by atoms with Crippen LogP contribution in [0.1, 0.15) is 103 Å². The number of hydrogen-bond donors (Lipinski definition) is 3. The van der Waals surface area contributed by atoms with E-state index in [-0.39, 0.29) is 19.8 Å². The Hall–Kier alpha value is -0.940. The van der Waals surface area contributed by atoms with Crippen molar-refractivity contribution in [2.45, 2.75) is 103 Å². The summed E-state index contributed by atoms with van der Waals surface area (Å²) in [4.78, 5) is 0. The molecule has 4 nitrogen and oxygen atoms in total. The fourth-order valence-corrected chi connectivity index (χ4v) is 4.75. The molecular weight excluding hydrogens is 400 g/mol. The highest BCUT2D eigenvalue weighted by Crippen LogP contribution is 2.47. The fourth-order valence-electron chi connectivity index (χ4n) is 4.75. The SMILES string of the molecule is CCCCCCCCCC(OCC(CC)CCCC)(c1ccccc1)C(CO)(CO)CO. The van der Waals surface area contributed by atoms with Gasteiger partial charge in [0, 0.05) is 0 Å². The van der Waals surface area contributed by atoms with Gasteiger partial charge in [-0.3, -0.25) is 0 Å². The van der Waals surface area contributed by atoms with Gasteiger partial charge in [0.25, 0.3) is 0 Å². The minimum atomic E-state index is -1.14. The Morgan fingerprint density at radius 1 is 0.750 bits per heavy atom. The lowest BCUT2D eigenvalue weighted by atomic mass is 9.66. The maximum Gasteiger partial charge on any atom is 0.105 e. The minimum Gasteiger partial charge on any atom is -0.395 e. The van der Waals surface area contributed by atoms with E-state index < -0.39 is 11.0 Å². The van der Waals surface area contributed by atoms with E-state index in [2.05, 4.69) is 20.8 Å². The third-order valence-corrected chi connectivity index (χ3v) is 7.25. The monoisotopic (exact) mass is 450 g/mol. The molecule has 0 radical (unpaired) electrons. The second kappa shape index (κ2) is 16.6. The lowest BCUT2D eigenvalue weighted by Crippen LogP contribution is -2.55. The van der Waals surface area contributed by atoms with E-state index in [1.165, 1.54) is 38.5 Å². The van der Waals surface area contributed by atoms with Crippen molar-refractivity contribution in [3.63, 3.8) is 0 Å². The maximum absolute atomic E-state index is 10.4. The van der Waals surface area contributed by atoms with E-state index in [1.807, 2.05) is 30.3 Å². The van der Waals surface area contributed by atoms with E-state index in [1.54, 1.807) is 0 Å². The number of unbranched alkanes of at least 4 members (excludes halogenated alkanes) is 7. The fraction of sp³-hybridized carbons (Fsp3) is 0.786. The number of aliphatic hydroxyl groups is 3. The van der Waals surface area contributed by atoms with Gasteiger partial charge in [0.15, 0.2) is 0 Å². The zero-order chi connectivity index (χ0) is 23.7. The summed E-state index contributed by atoms with van der Waals surface area (Å²) in [6.07, 6.45) is 13.4. The van der Waals surface area contributed by atoms with Crippen LogP contribution in [0.2, 0.25) is 0 Å². The summed E-state index contributed by atoms with van der Waals surface area (Å²) in [7, 11) is 0. The average molecular weight is 451 g/mol. The van der Waals surface area contributed by atoms with Crippen molar-refractivity contribution in [1.29, 1.82) is 0 Å². The van der Waals surface area contributed by atoms with Crippen molar-refractivity contribution in [3.05, 3.63) is 35.9 Å². The molecule has 186 valence electrons. The third kappa shape index (κ3) is 8.13. The van der Waals surface area contributed by atoms with Gasteiger partial charge in [0.1, 0.15) is 5.60 Å². The second-order valence-electron chi connectivity index (χ2n) is 9.55. The quantitative estimate of drug-likeness (QED) is 0.206. The summed E-state index contributed by atoms with van der Waals surface area (Å²) in [5, 5.41) is 31.3. The molecule has 0 fully saturated rings. The van der Waals surface area contributed by atoms with Crippen molar-refractivity contribution >= 4 is 0 Å². The molecule has 0 aliphatic heterocycles. The summed E-state index contributed by atoms with van der Waals surface area (Å²) in [6.45, 7) is 6.24. The Morgan fingerprint density at radius 2 is 1.31 bits per heavy atom. The highest BCUT2D eigenvalue weighted by Gasteiger charge is 2.52. The van der Waals surface area contributed by atoms with E-state index >= 15 is 0 Å². The van der Waals surface area contributed by atoms with E-state index in [0.29, 0.717) is 18.9 Å². The average Bonchev–Trinajstić information content (AvgIpc) is 2.84. The molecule has 0 amide bonds. The number of hydrogen-bond acceptors (Lipinski definition) is 4. The molecule has 32 heavy (non-hydrogen) atoms. The molecule has 0 spiro atoms. The van der Waals surface area contributed by atoms with Crippen LogP contribution >= 0.6 is 0 Å². The molecule has 0 bridgehead atoms. The molecule has 1 aromatic carbocycles. The number of ether oxygens (including phenoxy) is 1. The first-order valence-electron chi connectivity index (χ1n) is 13.1. The van der Waals surface area contributed by atoms with Crippen LogP contribution in [0.5, 0.6) is 0 Å². The molecular formula is C28H50O4. The van der Waals surface area contributed by atoms with Crippen molar-refractivity contribution in [3.8, 4) is 0 Å². The predicted molar refractivity (Wildman–Crippen MR) is 134 cm³/mol. The van der Waals surface area contributed by atoms with Gasteiger partial charge in [-0.25, -0.2) is 0 Å². The zero-order valence-corrected chi connectivity index (χ0v) is 21.0. The third-order valence-electron chi connectivity index (χ3n) is 7.25. The highest BCUT2D eigenvalue weighted by atomic mass is 16.5. The van der Waals surface area contributed by atoms with Gasteiger partial charge >= 0.3 is 0 Å². The largest absolute Gasteiger partial charge is 0.395 e. The smallest absolute Gasteiger partial charge is 0.105 e. The molecule has 1 aromatic rings. The van der Waals surface area contributed by atoms with Crippen LogP contribution in [0.3, 0.4) is 0 Å². The first-order chi connectivity index (χ1) is 15.6. The molecule has 0 aliphatic rings. The van der Waals surface area contributed by atoms with Crippen molar-refractivity contribution in [2.75, 3.05) is 26.4 Å². The normalized spacial score (nSPS) is 14.9. The molecule has 0 heterocycles. The number of rotatable bonds is 20. The molecule has 1 rings (SSSR count). The van der Waals surface area contributed by atoms with E-state index in [4.69, 9.17) is 4.74 Å². The Bertz CT molecular complexity index is 550. The Morgan fingerprint density at radius 3 is 1.84 bits per heavy atom. The van der Waals surface area contributed by atoms with Crippen LogP contribution in [0.4, 0.5) is 0 Å². The Labute approximate surface area is 197 Å². The van der Waals surface area contributed by atoms with Gasteiger partial charge in [-0.2, -0.15) is 0 Å². The lowest BCUT2D eigenvalue weighted by molar-refractivity contribution is -0.203.